The van der Waals surface area contributed by atoms with Gasteiger partial charge in [0, 0.05) is 25.4 Å². The molecule has 0 unspecified atom stereocenters. The highest BCUT2D eigenvalue weighted by atomic mass is 32.2. The van der Waals surface area contributed by atoms with Gasteiger partial charge < -0.3 is 5.32 Å². The van der Waals surface area contributed by atoms with Gasteiger partial charge >= 0.3 is 0 Å². The number of benzene rings is 1. The molecule has 0 bridgehead atoms. The Bertz CT molecular complexity index is 728. The van der Waals surface area contributed by atoms with E-state index in [0.29, 0.717) is 12.6 Å². The molecule has 2 rings (SSSR count). The van der Waals surface area contributed by atoms with Crippen molar-refractivity contribution in [3.63, 3.8) is 0 Å². The molecular weight excluding hydrogens is 319 g/mol. The third kappa shape index (κ3) is 4.47. The molecule has 118 valence electrons. The molecule has 6 nitrogen and oxygen atoms in total. The van der Waals surface area contributed by atoms with Gasteiger partial charge in [0.05, 0.1) is 4.90 Å². The second kappa shape index (κ2) is 5.99. The van der Waals surface area contributed by atoms with Crippen molar-refractivity contribution in [2.75, 3.05) is 19.3 Å². The van der Waals surface area contributed by atoms with E-state index in [1.165, 1.54) is 0 Å². The van der Waals surface area contributed by atoms with Crippen LogP contribution in [0.1, 0.15) is 12.8 Å². The molecule has 0 saturated heterocycles. The number of sulfonamides is 1. The number of hydrogen-bond acceptors (Lipinski definition) is 5. The quantitative estimate of drug-likeness (QED) is 0.550. The van der Waals surface area contributed by atoms with E-state index in [1.807, 2.05) is 0 Å². The van der Waals surface area contributed by atoms with Crippen LogP contribution in [0.25, 0.3) is 0 Å². The Morgan fingerprint density at radius 3 is 2.43 bits per heavy atom. The van der Waals surface area contributed by atoms with E-state index >= 15 is 0 Å². The van der Waals surface area contributed by atoms with Crippen LogP contribution >= 0.6 is 0 Å². The van der Waals surface area contributed by atoms with Crippen LogP contribution in [0.5, 0.6) is 0 Å². The minimum absolute atomic E-state index is 0.112. The maximum Gasteiger partial charge on any atom is 0.243 e. The second-order valence-electron chi connectivity index (χ2n) is 4.99. The number of rotatable bonds is 7. The van der Waals surface area contributed by atoms with Crippen LogP contribution in [0.4, 0.5) is 4.39 Å². The van der Waals surface area contributed by atoms with E-state index < -0.39 is 30.6 Å². The first kappa shape index (κ1) is 16.3. The highest BCUT2D eigenvalue weighted by molar-refractivity contribution is 7.91. The maximum atomic E-state index is 13.7. The number of sulfone groups is 1. The van der Waals surface area contributed by atoms with Gasteiger partial charge in [-0.05, 0) is 31.0 Å². The first-order valence-electron chi connectivity index (χ1n) is 6.43. The first-order chi connectivity index (χ1) is 9.70. The van der Waals surface area contributed by atoms with Crippen molar-refractivity contribution in [1.29, 1.82) is 0 Å². The summed E-state index contributed by atoms with van der Waals surface area (Å²) in [5.41, 5.74) is 0. The zero-order valence-electron chi connectivity index (χ0n) is 11.5. The molecule has 1 saturated carbocycles. The molecule has 21 heavy (non-hydrogen) atoms. The average Bonchev–Trinajstić information content (AvgIpc) is 3.17. The van der Waals surface area contributed by atoms with Crippen molar-refractivity contribution in [3.05, 3.63) is 24.0 Å². The zero-order chi connectivity index (χ0) is 15.7. The van der Waals surface area contributed by atoms with Crippen LogP contribution in [0.15, 0.2) is 28.0 Å². The lowest BCUT2D eigenvalue weighted by molar-refractivity contribution is 0.552. The molecule has 9 heteroatoms. The predicted molar refractivity (Wildman–Crippen MR) is 75.7 cm³/mol. The summed E-state index contributed by atoms with van der Waals surface area (Å²) < 4.78 is 62.8. The van der Waals surface area contributed by atoms with Gasteiger partial charge in [0.25, 0.3) is 0 Å². The average molecular weight is 336 g/mol. The number of hydrogen-bond donors (Lipinski definition) is 2. The Morgan fingerprint density at radius 1 is 1.19 bits per heavy atom. The monoisotopic (exact) mass is 336 g/mol. The molecule has 1 fully saturated rings. The molecule has 0 aromatic heterocycles. The molecule has 2 N–H and O–H groups in total. The van der Waals surface area contributed by atoms with E-state index in [-0.39, 0.29) is 11.4 Å². The van der Waals surface area contributed by atoms with Crippen LogP contribution in [0.2, 0.25) is 0 Å². The molecule has 1 aromatic rings. The summed E-state index contributed by atoms with van der Waals surface area (Å²) >= 11 is 0. The lowest BCUT2D eigenvalue weighted by Crippen LogP contribution is -2.33. The van der Waals surface area contributed by atoms with Crippen molar-refractivity contribution in [2.45, 2.75) is 28.7 Å². The predicted octanol–water partition coefficient (Wildman–Crippen LogP) is 0.260. The molecule has 0 amide bonds. The van der Waals surface area contributed by atoms with Crippen LogP contribution in [-0.2, 0) is 19.9 Å². The highest BCUT2D eigenvalue weighted by Gasteiger charge is 2.23. The van der Waals surface area contributed by atoms with Crippen molar-refractivity contribution in [3.8, 4) is 0 Å². The highest BCUT2D eigenvalue weighted by Crippen LogP contribution is 2.20. The SMILES string of the molecule is CS(=O)(=O)c1ccc(F)c(S(=O)(=O)NCCNC2CC2)c1. The van der Waals surface area contributed by atoms with Gasteiger partial charge in [-0.25, -0.2) is 25.9 Å². The van der Waals surface area contributed by atoms with Crippen LogP contribution in [0, 0.1) is 5.82 Å². The zero-order valence-corrected chi connectivity index (χ0v) is 13.1. The second-order valence-corrected chi connectivity index (χ2v) is 8.74. The molecule has 0 heterocycles. The molecule has 0 atom stereocenters. The summed E-state index contributed by atoms with van der Waals surface area (Å²) in [5, 5.41) is 3.11. The Hall–Kier alpha value is -1.03. The largest absolute Gasteiger partial charge is 0.313 e. The van der Waals surface area contributed by atoms with Gasteiger partial charge in [0.2, 0.25) is 10.0 Å². The molecule has 1 aliphatic rings. The number of halogens is 1. The number of nitrogens with one attached hydrogen (secondary N) is 2. The van der Waals surface area contributed by atoms with Crippen molar-refractivity contribution >= 4 is 19.9 Å². The van der Waals surface area contributed by atoms with E-state index in [9.17, 15) is 21.2 Å². The van der Waals surface area contributed by atoms with Gasteiger partial charge in [-0.3, -0.25) is 0 Å². The smallest absolute Gasteiger partial charge is 0.243 e. The molecule has 0 aliphatic heterocycles. The first-order valence-corrected chi connectivity index (χ1v) is 9.80. The van der Waals surface area contributed by atoms with Gasteiger partial charge in [-0.2, -0.15) is 0 Å². The third-order valence-corrected chi connectivity index (χ3v) is 5.63. The fourth-order valence-corrected chi connectivity index (χ4v) is 3.60. The van der Waals surface area contributed by atoms with Crippen molar-refractivity contribution in [2.24, 2.45) is 0 Å². The summed E-state index contributed by atoms with van der Waals surface area (Å²) in [5.74, 6) is -0.981. The Balaban J connectivity index is 2.13. The fraction of sp³-hybridized carbons (Fsp3) is 0.500. The Morgan fingerprint density at radius 2 is 1.86 bits per heavy atom. The van der Waals surface area contributed by atoms with Crippen molar-refractivity contribution in [1.82, 2.24) is 10.0 Å². The van der Waals surface area contributed by atoms with Gasteiger partial charge in [-0.15, -0.1) is 0 Å². The lowest BCUT2D eigenvalue weighted by Gasteiger charge is -2.09. The van der Waals surface area contributed by atoms with Crippen LogP contribution in [0.3, 0.4) is 0 Å². The van der Waals surface area contributed by atoms with E-state index in [4.69, 9.17) is 0 Å². The third-order valence-electron chi connectivity index (χ3n) is 3.05. The molecule has 0 spiro atoms. The minimum Gasteiger partial charge on any atom is -0.313 e. The maximum absolute atomic E-state index is 13.7. The summed E-state index contributed by atoms with van der Waals surface area (Å²) in [6.07, 6.45) is 3.10. The van der Waals surface area contributed by atoms with E-state index in [0.717, 1.165) is 37.3 Å². The lowest BCUT2D eigenvalue weighted by atomic mass is 10.3. The fourth-order valence-electron chi connectivity index (χ4n) is 1.75. The van der Waals surface area contributed by atoms with Crippen LogP contribution < -0.4 is 10.0 Å². The molecule has 1 aromatic carbocycles. The summed E-state index contributed by atoms with van der Waals surface area (Å²) in [7, 11) is -7.68. The van der Waals surface area contributed by atoms with E-state index in [1.54, 1.807) is 0 Å². The summed E-state index contributed by atoms with van der Waals surface area (Å²) in [4.78, 5) is -0.891. The normalized spacial score (nSPS) is 16.1. The molecule has 1 aliphatic carbocycles. The Labute approximate surface area is 123 Å². The summed E-state index contributed by atoms with van der Waals surface area (Å²) in [6, 6.07) is 3.16. The van der Waals surface area contributed by atoms with E-state index in [2.05, 4.69) is 10.0 Å². The standard InChI is InChI=1S/C12H17FN2O4S2/c1-20(16,17)10-4-5-11(13)12(8-10)21(18,19)15-7-6-14-9-2-3-9/h4-5,8-9,14-15H,2-3,6-7H2,1H3. The molecular formula is C12H17FN2O4S2. The van der Waals surface area contributed by atoms with Gasteiger partial charge in [0.1, 0.15) is 10.7 Å². The topological polar surface area (TPSA) is 92.3 Å². The Kier molecular flexibility index (Phi) is 4.66. The minimum atomic E-state index is -4.08. The summed E-state index contributed by atoms with van der Waals surface area (Å²) in [6.45, 7) is 0.554. The van der Waals surface area contributed by atoms with Gasteiger partial charge in [0.15, 0.2) is 9.84 Å². The van der Waals surface area contributed by atoms with Gasteiger partial charge in [-0.1, -0.05) is 0 Å². The van der Waals surface area contributed by atoms with Crippen molar-refractivity contribution < 1.29 is 21.2 Å². The molecule has 0 radical (unpaired) electrons. The van der Waals surface area contributed by atoms with Crippen LogP contribution in [-0.4, -0.2) is 42.2 Å².